The number of hydrogen-bond donors (Lipinski definition) is 2. The average molecular weight is 415 g/mol. The molecular formula is C22H16F3NO4. The summed E-state index contributed by atoms with van der Waals surface area (Å²) in [5, 5.41) is 19.7. The Labute approximate surface area is 169 Å². The quantitative estimate of drug-likeness (QED) is 0.598. The second-order valence-corrected chi connectivity index (χ2v) is 6.53. The lowest BCUT2D eigenvalue weighted by molar-refractivity contribution is -0.137. The minimum atomic E-state index is -4.66. The normalized spacial score (nSPS) is 11.2. The van der Waals surface area contributed by atoms with E-state index in [-0.39, 0.29) is 28.3 Å². The number of alkyl halides is 3. The van der Waals surface area contributed by atoms with Crippen LogP contribution in [0.25, 0.3) is 0 Å². The van der Waals surface area contributed by atoms with Gasteiger partial charge in [0.15, 0.2) is 0 Å². The summed E-state index contributed by atoms with van der Waals surface area (Å²) in [4.78, 5) is 25.9. The maximum atomic E-state index is 13.3. The van der Waals surface area contributed by atoms with Crippen molar-refractivity contribution in [2.24, 2.45) is 0 Å². The topological polar surface area (TPSA) is 77.8 Å². The molecule has 0 saturated carbocycles. The van der Waals surface area contributed by atoms with Gasteiger partial charge in [-0.1, -0.05) is 24.3 Å². The van der Waals surface area contributed by atoms with Gasteiger partial charge in [-0.05, 0) is 55.0 Å². The van der Waals surface area contributed by atoms with E-state index in [4.69, 9.17) is 0 Å². The van der Waals surface area contributed by atoms with Gasteiger partial charge in [0.25, 0.3) is 5.91 Å². The molecular weight excluding hydrogens is 399 g/mol. The lowest BCUT2D eigenvalue weighted by Crippen LogP contribution is -2.28. The number of aromatic hydroxyl groups is 1. The van der Waals surface area contributed by atoms with Crippen LogP contribution in [0.4, 0.5) is 24.5 Å². The van der Waals surface area contributed by atoms with E-state index < -0.39 is 23.6 Å². The molecule has 0 saturated heterocycles. The molecule has 0 radical (unpaired) electrons. The molecule has 0 unspecified atom stereocenters. The highest BCUT2D eigenvalue weighted by Gasteiger charge is 2.32. The fourth-order valence-electron chi connectivity index (χ4n) is 2.97. The maximum Gasteiger partial charge on any atom is 0.416 e. The van der Waals surface area contributed by atoms with Gasteiger partial charge in [-0.25, -0.2) is 4.79 Å². The Morgan fingerprint density at radius 3 is 2.23 bits per heavy atom. The lowest BCUT2D eigenvalue weighted by Gasteiger charge is -2.26. The average Bonchev–Trinajstić information content (AvgIpc) is 2.68. The molecule has 0 aromatic heterocycles. The predicted octanol–water partition coefficient (Wildman–Crippen LogP) is 5.40. The second-order valence-electron chi connectivity index (χ2n) is 6.53. The summed E-state index contributed by atoms with van der Waals surface area (Å²) in [6.07, 6.45) is -4.66. The van der Waals surface area contributed by atoms with Gasteiger partial charge in [0.05, 0.1) is 22.4 Å². The number of hydrogen-bond acceptors (Lipinski definition) is 3. The highest BCUT2D eigenvalue weighted by molar-refractivity contribution is 6.14. The van der Waals surface area contributed by atoms with Crippen LogP contribution in [0.5, 0.6) is 5.75 Å². The Balaban J connectivity index is 2.29. The van der Waals surface area contributed by atoms with Crippen LogP contribution in [0.3, 0.4) is 0 Å². The number of rotatable bonds is 4. The van der Waals surface area contributed by atoms with E-state index in [2.05, 4.69) is 0 Å². The number of benzene rings is 3. The lowest BCUT2D eigenvalue weighted by atomic mass is 10.0. The molecule has 0 heterocycles. The van der Waals surface area contributed by atoms with Crippen molar-refractivity contribution in [1.29, 1.82) is 0 Å². The summed E-state index contributed by atoms with van der Waals surface area (Å²) in [6.45, 7) is 1.66. The molecule has 30 heavy (non-hydrogen) atoms. The van der Waals surface area contributed by atoms with Crippen LogP contribution in [0.15, 0.2) is 66.7 Å². The van der Waals surface area contributed by atoms with Crippen LogP contribution in [-0.4, -0.2) is 22.1 Å². The third-order valence-electron chi connectivity index (χ3n) is 4.39. The fourth-order valence-corrected chi connectivity index (χ4v) is 2.97. The molecule has 2 N–H and O–H groups in total. The van der Waals surface area contributed by atoms with E-state index in [0.29, 0.717) is 5.56 Å². The van der Waals surface area contributed by atoms with Crippen molar-refractivity contribution in [1.82, 2.24) is 0 Å². The van der Waals surface area contributed by atoms with Crippen molar-refractivity contribution < 1.29 is 33.0 Å². The highest BCUT2D eigenvalue weighted by atomic mass is 19.4. The number of halogens is 3. The number of anilines is 2. The van der Waals surface area contributed by atoms with Crippen LogP contribution in [0, 0.1) is 6.92 Å². The molecule has 3 aromatic carbocycles. The van der Waals surface area contributed by atoms with E-state index in [0.717, 1.165) is 23.1 Å². The van der Waals surface area contributed by atoms with Crippen molar-refractivity contribution in [3.8, 4) is 5.75 Å². The van der Waals surface area contributed by atoms with Crippen molar-refractivity contribution in [2.75, 3.05) is 4.90 Å². The van der Waals surface area contributed by atoms with Crippen molar-refractivity contribution in [3.05, 3.63) is 89.0 Å². The Morgan fingerprint density at radius 2 is 1.60 bits per heavy atom. The molecule has 3 aromatic rings. The molecule has 0 bridgehead atoms. The molecule has 154 valence electrons. The van der Waals surface area contributed by atoms with Crippen molar-refractivity contribution in [3.63, 3.8) is 0 Å². The van der Waals surface area contributed by atoms with Gasteiger partial charge in [0.2, 0.25) is 0 Å². The monoisotopic (exact) mass is 415 g/mol. The zero-order valence-corrected chi connectivity index (χ0v) is 15.6. The van der Waals surface area contributed by atoms with Crippen LogP contribution >= 0.6 is 0 Å². The van der Waals surface area contributed by atoms with Gasteiger partial charge >= 0.3 is 12.1 Å². The molecule has 1 amide bonds. The zero-order valence-electron chi connectivity index (χ0n) is 15.6. The molecule has 0 aliphatic heterocycles. The van der Waals surface area contributed by atoms with Crippen LogP contribution in [-0.2, 0) is 6.18 Å². The molecule has 8 heteroatoms. The minimum Gasteiger partial charge on any atom is -0.507 e. The van der Waals surface area contributed by atoms with Crippen LogP contribution in [0.2, 0.25) is 0 Å². The van der Waals surface area contributed by atoms with E-state index in [1.54, 1.807) is 6.92 Å². The fraction of sp³-hybridized carbons (Fsp3) is 0.0909. The first-order chi connectivity index (χ1) is 14.1. The first-order valence-corrected chi connectivity index (χ1v) is 8.73. The third-order valence-corrected chi connectivity index (χ3v) is 4.39. The second kappa shape index (κ2) is 7.90. The number of phenolic OH excluding ortho intramolecular Hbond substituents is 1. The number of carbonyl (C=O) groups excluding carboxylic acids is 1. The SMILES string of the molecule is Cc1ccc(C(=O)O)c(N(C(=O)c2ccccc2O)c2cccc(C(F)(F)F)c2)c1. The number of nitrogens with zero attached hydrogens (tertiary/aromatic N) is 1. The van der Waals surface area contributed by atoms with Crippen molar-refractivity contribution >= 4 is 23.3 Å². The van der Waals surface area contributed by atoms with E-state index in [1.165, 1.54) is 48.5 Å². The van der Waals surface area contributed by atoms with Gasteiger partial charge in [0.1, 0.15) is 5.75 Å². The maximum absolute atomic E-state index is 13.3. The summed E-state index contributed by atoms with van der Waals surface area (Å²) in [5.74, 6) is -2.61. The molecule has 0 fully saturated rings. The summed E-state index contributed by atoms with van der Waals surface area (Å²) in [5.41, 5.74) is -1.17. The standard InChI is InChI=1S/C22H16F3NO4/c1-13-9-10-16(21(29)30)18(11-13)26(20(28)17-7-2-3-8-19(17)27)15-6-4-5-14(12-15)22(23,24)25/h2-12,27H,1H3,(H,29,30). The molecule has 0 aliphatic rings. The largest absolute Gasteiger partial charge is 0.507 e. The number of amides is 1. The van der Waals surface area contributed by atoms with Gasteiger partial charge in [-0.3, -0.25) is 9.69 Å². The molecule has 0 atom stereocenters. The van der Waals surface area contributed by atoms with Gasteiger partial charge < -0.3 is 10.2 Å². The summed E-state index contributed by atoms with van der Waals surface area (Å²) in [6, 6.07) is 13.7. The summed E-state index contributed by atoms with van der Waals surface area (Å²) < 4.78 is 39.8. The van der Waals surface area contributed by atoms with E-state index in [9.17, 15) is 33.0 Å². The van der Waals surface area contributed by atoms with Crippen molar-refractivity contribution in [2.45, 2.75) is 13.1 Å². The smallest absolute Gasteiger partial charge is 0.416 e. The van der Waals surface area contributed by atoms with Crippen LogP contribution in [0.1, 0.15) is 31.8 Å². The Kier molecular flexibility index (Phi) is 5.51. The number of aryl methyl sites for hydroxylation is 1. The third kappa shape index (κ3) is 4.12. The zero-order chi connectivity index (χ0) is 22.1. The van der Waals surface area contributed by atoms with E-state index in [1.807, 2.05) is 0 Å². The number of para-hydroxylation sites is 1. The molecule has 5 nitrogen and oxygen atoms in total. The predicted molar refractivity (Wildman–Crippen MR) is 104 cm³/mol. The van der Waals surface area contributed by atoms with Crippen LogP contribution < -0.4 is 4.90 Å². The number of carbonyl (C=O) groups is 2. The first-order valence-electron chi connectivity index (χ1n) is 8.73. The van der Waals surface area contributed by atoms with Gasteiger partial charge in [0, 0.05) is 5.69 Å². The number of aromatic carboxylic acids is 1. The Hall–Kier alpha value is -3.81. The number of carboxylic acid groups (broad SMARTS) is 1. The van der Waals surface area contributed by atoms with E-state index >= 15 is 0 Å². The molecule has 0 aliphatic carbocycles. The highest BCUT2D eigenvalue weighted by Crippen LogP contribution is 2.37. The summed E-state index contributed by atoms with van der Waals surface area (Å²) in [7, 11) is 0. The Bertz CT molecular complexity index is 1130. The number of phenols is 1. The first kappa shape index (κ1) is 20.9. The van der Waals surface area contributed by atoms with Gasteiger partial charge in [-0.15, -0.1) is 0 Å². The number of carboxylic acids is 1. The summed E-state index contributed by atoms with van der Waals surface area (Å²) >= 11 is 0. The van der Waals surface area contributed by atoms with Gasteiger partial charge in [-0.2, -0.15) is 13.2 Å². The molecule has 0 spiro atoms. The molecule has 3 rings (SSSR count). The Morgan fingerprint density at radius 1 is 0.900 bits per heavy atom. The minimum absolute atomic E-state index is 0.116.